The minimum atomic E-state index is -4.10. The van der Waals surface area contributed by atoms with Crippen LogP contribution < -0.4 is 10.1 Å². The van der Waals surface area contributed by atoms with Crippen LogP contribution in [0.4, 0.5) is 13.2 Å². The van der Waals surface area contributed by atoms with Gasteiger partial charge in [0, 0.05) is 11.6 Å². The Kier molecular flexibility index (Phi) is 4.08. The molecule has 0 aliphatic carbocycles. The molecule has 1 fully saturated rings. The van der Waals surface area contributed by atoms with Gasteiger partial charge >= 0.3 is 6.18 Å². The maximum absolute atomic E-state index is 12.4. The monoisotopic (exact) mass is 300 g/mol. The summed E-state index contributed by atoms with van der Waals surface area (Å²) < 4.78 is 42.7. The lowest BCUT2D eigenvalue weighted by molar-refractivity contribution is -0.148. The van der Waals surface area contributed by atoms with E-state index in [2.05, 4.69) is 5.32 Å². The van der Waals surface area contributed by atoms with E-state index in [0.717, 1.165) is 24.2 Å². The summed E-state index contributed by atoms with van der Waals surface area (Å²) in [5, 5.41) is 3.52. The Morgan fingerprint density at radius 3 is 2.62 bits per heavy atom. The van der Waals surface area contributed by atoms with Gasteiger partial charge in [-0.3, -0.25) is 4.90 Å². The van der Waals surface area contributed by atoms with E-state index in [-0.39, 0.29) is 12.1 Å². The molecule has 1 saturated heterocycles. The van der Waals surface area contributed by atoms with Gasteiger partial charge in [-0.05, 0) is 32.0 Å². The van der Waals surface area contributed by atoms with Crippen molar-refractivity contribution >= 4 is 0 Å². The summed E-state index contributed by atoms with van der Waals surface area (Å²) in [6.07, 6.45) is -2.61. The van der Waals surface area contributed by atoms with E-state index in [4.69, 9.17) is 4.74 Å². The molecule has 3 rings (SSSR count). The van der Waals surface area contributed by atoms with Crippen molar-refractivity contribution in [2.75, 3.05) is 26.2 Å². The summed E-state index contributed by atoms with van der Waals surface area (Å²) in [6.45, 7) is 0.788. The van der Waals surface area contributed by atoms with Crippen LogP contribution in [-0.2, 0) is 0 Å². The number of alkyl halides is 3. The number of nitrogens with zero attached hydrogens (tertiary/aromatic N) is 1. The molecule has 0 aromatic heterocycles. The first-order chi connectivity index (χ1) is 10.0. The Morgan fingerprint density at radius 1 is 1.19 bits per heavy atom. The Hall–Kier alpha value is -1.27. The Morgan fingerprint density at radius 2 is 1.90 bits per heavy atom. The molecule has 1 unspecified atom stereocenters. The Labute approximate surface area is 122 Å². The summed E-state index contributed by atoms with van der Waals surface area (Å²) in [5.41, 5.74) is 1.15. The van der Waals surface area contributed by atoms with Gasteiger partial charge in [0.2, 0.25) is 0 Å². The Balaban J connectivity index is 1.50. The van der Waals surface area contributed by atoms with E-state index in [1.54, 1.807) is 0 Å². The van der Waals surface area contributed by atoms with Crippen molar-refractivity contribution in [1.29, 1.82) is 0 Å². The number of hydrogen-bond acceptors (Lipinski definition) is 3. The molecule has 0 amide bonds. The maximum atomic E-state index is 12.4. The van der Waals surface area contributed by atoms with Gasteiger partial charge in [0.15, 0.2) is 0 Å². The average Bonchev–Trinajstić information content (AvgIpc) is 2.83. The fraction of sp³-hybridized carbons (Fsp3) is 0.600. The van der Waals surface area contributed by atoms with Crippen LogP contribution in [0.3, 0.4) is 0 Å². The number of rotatable bonds is 3. The highest BCUT2D eigenvalue weighted by atomic mass is 19.4. The Bertz CT molecular complexity index is 484. The van der Waals surface area contributed by atoms with Gasteiger partial charge in [0.05, 0.1) is 12.6 Å². The molecule has 1 N–H and O–H groups in total. The van der Waals surface area contributed by atoms with Crippen LogP contribution in [0.15, 0.2) is 24.3 Å². The number of halogens is 3. The van der Waals surface area contributed by atoms with E-state index in [1.807, 2.05) is 24.3 Å². The highest BCUT2D eigenvalue weighted by molar-refractivity contribution is 5.39. The van der Waals surface area contributed by atoms with Crippen molar-refractivity contribution in [3.8, 4) is 5.75 Å². The first-order valence-electron chi connectivity index (χ1n) is 7.28. The van der Waals surface area contributed by atoms with Crippen molar-refractivity contribution in [3.05, 3.63) is 29.8 Å². The number of fused-ring (bicyclic) bond motifs is 1. The SMILES string of the molecule is FC(F)(F)CN1CCC(NC2COc3ccccc32)CC1. The molecule has 21 heavy (non-hydrogen) atoms. The molecule has 0 bridgehead atoms. The molecular weight excluding hydrogens is 281 g/mol. The number of para-hydroxylation sites is 1. The molecule has 2 aliphatic heterocycles. The quantitative estimate of drug-likeness (QED) is 0.929. The number of nitrogens with one attached hydrogen (secondary N) is 1. The molecule has 1 aromatic carbocycles. The molecule has 2 aliphatic rings. The third-order valence-corrected chi connectivity index (χ3v) is 4.13. The first kappa shape index (κ1) is 14.7. The molecule has 6 heteroatoms. The molecule has 1 aromatic rings. The average molecular weight is 300 g/mol. The third-order valence-electron chi connectivity index (χ3n) is 4.13. The topological polar surface area (TPSA) is 24.5 Å². The number of piperidine rings is 1. The van der Waals surface area contributed by atoms with Crippen LogP contribution in [0.5, 0.6) is 5.75 Å². The second kappa shape index (κ2) is 5.85. The fourth-order valence-electron chi connectivity index (χ4n) is 3.10. The predicted octanol–water partition coefficient (Wildman–Crippen LogP) is 2.74. The highest BCUT2D eigenvalue weighted by Crippen LogP contribution is 2.32. The van der Waals surface area contributed by atoms with Gasteiger partial charge in [-0.15, -0.1) is 0 Å². The van der Waals surface area contributed by atoms with Crippen molar-refractivity contribution < 1.29 is 17.9 Å². The van der Waals surface area contributed by atoms with Gasteiger partial charge in [-0.2, -0.15) is 13.2 Å². The minimum absolute atomic E-state index is 0.153. The predicted molar refractivity (Wildman–Crippen MR) is 73.3 cm³/mol. The molecule has 2 heterocycles. The van der Waals surface area contributed by atoms with Gasteiger partial charge < -0.3 is 10.1 Å². The van der Waals surface area contributed by atoms with Gasteiger partial charge in [-0.1, -0.05) is 18.2 Å². The summed E-state index contributed by atoms with van der Waals surface area (Å²) in [6, 6.07) is 8.32. The van der Waals surface area contributed by atoms with E-state index < -0.39 is 12.7 Å². The van der Waals surface area contributed by atoms with Crippen LogP contribution in [0.25, 0.3) is 0 Å². The third kappa shape index (κ3) is 3.68. The summed E-state index contributed by atoms with van der Waals surface area (Å²) in [7, 11) is 0. The van der Waals surface area contributed by atoms with E-state index in [9.17, 15) is 13.2 Å². The van der Waals surface area contributed by atoms with Crippen LogP contribution in [0.1, 0.15) is 24.4 Å². The standard InChI is InChI=1S/C15H19F3N2O/c16-15(17,18)10-20-7-5-11(6-8-20)19-13-9-21-14-4-2-1-3-12(13)14/h1-4,11,13,19H,5-10H2. The van der Waals surface area contributed by atoms with Crippen molar-refractivity contribution in [3.63, 3.8) is 0 Å². The van der Waals surface area contributed by atoms with Gasteiger partial charge in [-0.25, -0.2) is 0 Å². The van der Waals surface area contributed by atoms with Crippen LogP contribution in [0.2, 0.25) is 0 Å². The second-order valence-corrected chi connectivity index (χ2v) is 5.73. The number of ether oxygens (including phenoxy) is 1. The zero-order valence-corrected chi connectivity index (χ0v) is 11.7. The lowest BCUT2D eigenvalue weighted by atomic mass is 10.0. The fourth-order valence-corrected chi connectivity index (χ4v) is 3.10. The summed E-state index contributed by atoms with van der Waals surface area (Å²) in [5.74, 6) is 0.907. The number of likely N-dealkylation sites (tertiary alicyclic amines) is 1. The van der Waals surface area contributed by atoms with Gasteiger partial charge in [0.25, 0.3) is 0 Å². The molecule has 116 valence electrons. The normalized spacial score (nSPS) is 23.9. The second-order valence-electron chi connectivity index (χ2n) is 5.73. The van der Waals surface area contributed by atoms with E-state index in [1.165, 1.54) is 4.90 Å². The molecular formula is C15H19F3N2O. The molecule has 0 spiro atoms. The highest BCUT2D eigenvalue weighted by Gasteiger charge is 2.33. The number of hydrogen-bond donors (Lipinski definition) is 1. The zero-order valence-electron chi connectivity index (χ0n) is 11.7. The first-order valence-corrected chi connectivity index (χ1v) is 7.28. The molecule has 0 radical (unpaired) electrons. The maximum Gasteiger partial charge on any atom is 0.401 e. The van der Waals surface area contributed by atoms with Gasteiger partial charge in [0.1, 0.15) is 12.4 Å². The van der Waals surface area contributed by atoms with E-state index >= 15 is 0 Å². The zero-order chi connectivity index (χ0) is 14.9. The van der Waals surface area contributed by atoms with Crippen molar-refractivity contribution in [2.24, 2.45) is 0 Å². The minimum Gasteiger partial charge on any atom is -0.491 e. The molecule has 0 saturated carbocycles. The summed E-state index contributed by atoms with van der Waals surface area (Å²) in [4.78, 5) is 1.48. The van der Waals surface area contributed by atoms with Crippen LogP contribution in [-0.4, -0.2) is 43.4 Å². The molecule has 3 nitrogen and oxygen atoms in total. The molecule has 1 atom stereocenters. The lowest BCUT2D eigenvalue weighted by Gasteiger charge is -2.34. The van der Waals surface area contributed by atoms with Crippen molar-refractivity contribution in [2.45, 2.75) is 31.1 Å². The summed E-state index contributed by atoms with van der Waals surface area (Å²) >= 11 is 0. The largest absolute Gasteiger partial charge is 0.491 e. The van der Waals surface area contributed by atoms with E-state index in [0.29, 0.717) is 19.7 Å². The smallest absolute Gasteiger partial charge is 0.401 e. The van der Waals surface area contributed by atoms with Crippen molar-refractivity contribution in [1.82, 2.24) is 10.2 Å². The van der Waals surface area contributed by atoms with Crippen LogP contribution >= 0.6 is 0 Å². The lowest BCUT2D eigenvalue weighted by Crippen LogP contribution is -2.46. The van der Waals surface area contributed by atoms with Crippen LogP contribution in [0, 0.1) is 0 Å². The number of benzene rings is 1.